The monoisotopic (exact) mass is 373 g/mol. The fraction of sp³-hybridized carbons (Fsp3) is 0.222. The molecule has 8 nitrogen and oxygen atoms in total. The number of anilines is 1. The summed E-state index contributed by atoms with van der Waals surface area (Å²) >= 11 is 0. The van der Waals surface area contributed by atoms with Crippen LogP contribution < -0.4 is 10.1 Å². The van der Waals surface area contributed by atoms with Crippen molar-refractivity contribution in [2.75, 3.05) is 25.0 Å². The van der Waals surface area contributed by atoms with Crippen LogP contribution in [0.4, 0.5) is 15.8 Å². The number of halogens is 1. The van der Waals surface area contributed by atoms with Crippen molar-refractivity contribution in [2.45, 2.75) is 0 Å². The van der Waals surface area contributed by atoms with Gasteiger partial charge in [0.25, 0.3) is 11.6 Å². The lowest BCUT2D eigenvalue weighted by Crippen LogP contribution is -2.55. The minimum absolute atomic E-state index is 0.0166. The van der Waals surface area contributed by atoms with Crippen LogP contribution in [0.3, 0.4) is 0 Å². The molecule has 0 atom stereocenters. The van der Waals surface area contributed by atoms with E-state index >= 15 is 0 Å². The highest BCUT2D eigenvalue weighted by Crippen LogP contribution is 2.25. The van der Waals surface area contributed by atoms with Crippen molar-refractivity contribution in [3.63, 3.8) is 0 Å². The Hall–Kier alpha value is -3.49. The highest BCUT2D eigenvalue weighted by atomic mass is 19.1. The van der Waals surface area contributed by atoms with Crippen molar-refractivity contribution >= 4 is 23.2 Å². The van der Waals surface area contributed by atoms with Crippen LogP contribution in [0.2, 0.25) is 0 Å². The lowest BCUT2D eigenvalue weighted by molar-refractivity contribution is -0.383. The molecule has 0 saturated carbocycles. The zero-order chi connectivity index (χ0) is 19.4. The van der Waals surface area contributed by atoms with Crippen molar-refractivity contribution in [1.82, 2.24) is 4.90 Å². The molecule has 2 aromatic carbocycles. The van der Waals surface area contributed by atoms with Crippen molar-refractivity contribution in [1.29, 1.82) is 0 Å². The van der Waals surface area contributed by atoms with Gasteiger partial charge in [-0.05, 0) is 18.2 Å². The Labute approximate surface area is 153 Å². The first-order valence-corrected chi connectivity index (χ1v) is 8.15. The van der Waals surface area contributed by atoms with Crippen LogP contribution in [0.1, 0.15) is 0 Å². The van der Waals surface area contributed by atoms with Crippen molar-refractivity contribution in [3.05, 3.63) is 64.5 Å². The molecule has 0 radical (unpaired) electrons. The smallest absolute Gasteiger partial charge is 0.292 e. The molecule has 27 heavy (non-hydrogen) atoms. The topological polar surface area (TPSA) is 102 Å². The summed E-state index contributed by atoms with van der Waals surface area (Å²) in [6.45, 7) is 0.0112. The number of nitrogens with zero attached hydrogens (tertiary/aromatic N) is 2. The molecular formula is C18H16FN3O5. The Morgan fingerprint density at radius 2 is 1.85 bits per heavy atom. The lowest BCUT2D eigenvalue weighted by Gasteiger charge is -2.38. The quantitative estimate of drug-likeness (QED) is 0.618. The molecule has 0 unspecified atom stereocenters. The number of hydrogen-bond acceptors (Lipinski definition) is 5. The van der Waals surface area contributed by atoms with E-state index < -0.39 is 22.6 Å². The third-order valence-electron chi connectivity index (χ3n) is 4.15. The fourth-order valence-electron chi connectivity index (χ4n) is 2.61. The van der Waals surface area contributed by atoms with Crippen LogP contribution in [0.15, 0.2) is 48.5 Å². The summed E-state index contributed by atoms with van der Waals surface area (Å²) in [5, 5.41) is 13.5. The molecule has 140 valence electrons. The highest BCUT2D eigenvalue weighted by molar-refractivity contribution is 5.96. The number of nitro groups is 1. The maximum absolute atomic E-state index is 13.5. The predicted molar refractivity (Wildman–Crippen MR) is 93.7 cm³/mol. The molecule has 0 spiro atoms. The molecule has 9 heteroatoms. The largest absolute Gasteiger partial charge is 0.481 e. The summed E-state index contributed by atoms with van der Waals surface area (Å²) in [5.74, 6) is -1.81. The van der Waals surface area contributed by atoms with E-state index in [2.05, 4.69) is 5.32 Å². The van der Waals surface area contributed by atoms with Gasteiger partial charge in [0.2, 0.25) is 5.91 Å². The van der Waals surface area contributed by atoms with Gasteiger partial charge >= 0.3 is 0 Å². The average Bonchev–Trinajstić information content (AvgIpc) is 2.60. The number of carbonyl (C=O) groups is 2. The zero-order valence-corrected chi connectivity index (χ0v) is 14.1. The van der Waals surface area contributed by atoms with Crippen molar-refractivity contribution in [2.24, 2.45) is 5.92 Å². The fourth-order valence-corrected chi connectivity index (χ4v) is 2.61. The summed E-state index contributed by atoms with van der Waals surface area (Å²) in [6.07, 6.45) is 0. The normalized spacial score (nSPS) is 13.6. The van der Waals surface area contributed by atoms with Crippen molar-refractivity contribution in [3.8, 4) is 5.75 Å². The number of ether oxygens (including phenoxy) is 1. The molecule has 1 heterocycles. The van der Waals surface area contributed by atoms with Gasteiger partial charge in [-0.2, -0.15) is 0 Å². The van der Waals surface area contributed by atoms with E-state index in [1.807, 2.05) is 0 Å². The van der Waals surface area contributed by atoms with Crippen LogP contribution in [-0.4, -0.2) is 41.3 Å². The standard InChI is InChI=1S/C18H16FN3O5/c19-13-5-1-4-8-16(13)27-11-17(23)21-9-12(10-21)18(24)20-14-6-2-3-7-15(14)22(25)26/h1-8,12H,9-11H2,(H,20,24). The first-order chi connectivity index (χ1) is 13.0. The van der Waals surface area contributed by atoms with Crippen LogP contribution in [0, 0.1) is 21.8 Å². The van der Waals surface area contributed by atoms with E-state index in [0.717, 1.165) is 0 Å². The molecule has 1 fully saturated rings. The minimum Gasteiger partial charge on any atom is -0.481 e. The van der Waals surface area contributed by atoms with Gasteiger partial charge in [0.15, 0.2) is 18.2 Å². The van der Waals surface area contributed by atoms with Crippen LogP contribution >= 0.6 is 0 Å². The van der Waals surface area contributed by atoms with Gasteiger partial charge < -0.3 is 15.0 Å². The number of benzene rings is 2. The molecule has 1 aliphatic heterocycles. The highest BCUT2D eigenvalue weighted by Gasteiger charge is 2.36. The molecule has 0 bridgehead atoms. The van der Waals surface area contributed by atoms with Gasteiger partial charge in [-0.25, -0.2) is 4.39 Å². The Kier molecular flexibility index (Phi) is 5.30. The Morgan fingerprint density at radius 3 is 2.56 bits per heavy atom. The van der Waals surface area contributed by atoms with Crippen LogP contribution in [-0.2, 0) is 9.59 Å². The number of carbonyl (C=O) groups excluding carboxylic acids is 2. The zero-order valence-electron chi connectivity index (χ0n) is 14.1. The number of nitrogens with one attached hydrogen (secondary N) is 1. The van der Waals surface area contributed by atoms with Crippen molar-refractivity contribution < 1.29 is 23.6 Å². The summed E-state index contributed by atoms with van der Waals surface area (Å²) in [5.41, 5.74) is -0.0865. The van der Waals surface area contributed by atoms with E-state index in [1.165, 1.54) is 41.3 Å². The molecule has 2 amide bonds. The van der Waals surface area contributed by atoms with Gasteiger partial charge in [-0.15, -0.1) is 0 Å². The third kappa shape index (κ3) is 4.20. The van der Waals surface area contributed by atoms with Gasteiger partial charge in [0.05, 0.1) is 10.8 Å². The van der Waals surface area contributed by atoms with Gasteiger partial charge in [-0.3, -0.25) is 19.7 Å². The summed E-state index contributed by atoms with van der Waals surface area (Å²) in [4.78, 5) is 36.0. The molecule has 1 N–H and O–H groups in total. The van der Waals surface area contributed by atoms with E-state index in [9.17, 15) is 24.1 Å². The molecular weight excluding hydrogens is 357 g/mol. The SMILES string of the molecule is O=C(Nc1ccccc1[N+](=O)[O-])C1CN(C(=O)COc2ccccc2F)C1. The predicted octanol–water partition coefficient (Wildman–Crippen LogP) is 2.21. The minimum atomic E-state index is -0.577. The van der Waals surface area contributed by atoms with Gasteiger partial charge in [-0.1, -0.05) is 24.3 Å². The Balaban J connectivity index is 1.49. The van der Waals surface area contributed by atoms with E-state index in [0.29, 0.717) is 0 Å². The van der Waals surface area contributed by atoms with E-state index in [4.69, 9.17) is 4.74 Å². The molecule has 2 aromatic rings. The summed E-state index contributed by atoms with van der Waals surface area (Å²) < 4.78 is 18.6. The number of para-hydroxylation sites is 3. The second-order valence-electron chi connectivity index (χ2n) is 5.98. The molecule has 0 aromatic heterocycles. The number of amides is 2. The Morgan fingerprint density at radius 1 is 1.19 bits per heavy atom. The van der Waals surface area contributed by atoms with E-state index in [1.54, 1.807) is 12.1 Å². The van der Waals surface area contributed by atoms with Crippen LogP contribution in [0.25, 0.3) is 0 Å². The number of rotatable bonds is 6. The first kappa shape index (κ1) is 18.3. The average molecular weight is 373 g/mol. The lowest BCUT2D eigenvalue weighted by atomic mass is 9.99. The molecule has 1 aliphatic rings. The molecule has 0 aliphatic carbocycles. The van der Waals surface area contributed by atoms with Gasteiger partial charge in [0, 0.05) is 19.2 Å². The third-order valence-corrected chi connectivity index (χ3v) is 4.15. The maximum Gasteiger partial charge on any atom is 0.292 e. The van der Waals surface area contributed by atoms with Crippen LogP contribution in [0.5, 0.6) is 5.75 Å². The van der Waals surface area contributed by atoms with E-state index in [-0.39, 0.29) is 42.7 Å². The Bertz CT molecular complexity index is 883. The summed E-state index contributed by atoms with van der Waals surface area (Å²) in [7, 11) is 0. The summed E-state index contributed by atoms with van der Waals surface area (Å²) in [6, 6.07) is 11.6. The molecule has 3 rings (SSSR count). The second-order valence-corrected chi connectivity index (χ2v) is 5.98. The number of hydrogen-bond donors (Lipinski definition) is 1. The number of likely N-dealkylation sites (tertiary alicyclic amines) is 1. The van der Waals surface area contributed by atoms with Gasteiger partial charge in [0.1, 0.15) is 5.69 Å². The number of nitro benzene ring substituents is 1. The maximum atomic E-state index is 13.5. The second kappa shape index (κ2) is 7.81. The molecule has 1 saturated heterocycles. The first-order valence-electron chi connectivity index (χ1n) is 8.15.